The monoisotopic (exact) mass is 296 g/mol. The largest absolute Gasteiger partial charge is 0.465 e. The summed E-state index contributed by atoms with van der Waals surface area (Å²) in [5, 5.41) is 0.352. The van der Waals surface area contributed by atoms with Crippen molar-refractivity contribution in [3.8, 4) is 0 Å². The molecular weight excluding hydrogens is 288 g/mol. The van der Waals surface area contributed by atoms with E-state index in [9.17, 15) is 9.59 Å². The maximum absolute atomic E-state index is 12.1. The Bertz CT molecular complexity index is 657. The third kappa shape index (κ3) is 1.98. The normalized spacial score (nSPS) is 10.5. The van der Waals surface area contributed by atoms with Crippen molar-refractivity contribution < 1.29 is 13.9 Å². The molecule has 0 saturated carbocycles. The molecule has 0 saturated heterocycles. The van der Waals surface area contributed by atoms with E-state index in [-0.39, 0.29) is 16.8 Å². The summed E-state index contributed by atoms with van der Waals surface area (Å²) >= 11 is 3.27. The Balaban J connectivity index is 2.87. The summed E-state index contributed by atoms with van der Waals surface area (Å²) < 4.78 is 10.7. The van der Waals surface area contributed by atoms with Crippen molar-refractivity contribution in [2.24, 2.45) is 0 Å². The minimum absolute atomic E-state index is 0.0573. The van der Waals surface area contributed by atoms with Crippen molar-refractivity contribution in [3.63, 3.8) is 0 Å². The quantitative estimate of drug-likeness (QED) is 0.759. The number of methoxy groups -OCH3 is 1. The van der Waals surface area contributed by atoms with Crippen LogP contribution in [0.25, 0.3) is 11.0 Å². The highest BCUT2D eigenvalue weighted by atomic mass is 79.9. The zero-order valence-corrected chi connectivity index (χ0v) is 10.8. The number of hydrogen-bond donors (Lipinski definition) is 0. The van der Waals surface area contributed by atoms with E-state index in [0.29, 0.717) is 11.0 Å². The van der Waals surface area contributed by atoms with Gasteiger partial charge in [-0.2, -0.15) is 0 Å². The third-order valence-corrected chi connectivity index (χ3v) is 2.91. The van der Waals surface area contributed by atoms with Crippen LogP contribution in [-0.2, 0) is 4.74 Å². The number of rotatable bonds is 1. The van der Waals surface area contributed by atoms with Crippen molar-refractivity contribution >= 4 is 32.9 Å². The molecule has 0 fully saturated rings. The predicted molar refractivity (Wildman–Crippen MR) is 66.3 cm³/mol. The first-order valence-electron chi connectivity index (χ1n) is 4.86. The van der Waals surface area contributed by atoms with Gasteiger partial charge in [-0.3, -0.25) is 4.79 Å². The first kappa shape index (κ1) is 11.9. The lowest BCUT2D eigenvalue weighted by molar-refractivity contribution is 0.0595. The third-order valence-electron chi connectivity index (χ3n) is 2.42. The number of halogens is 1. The smallest absolute Gasteiger partial charge is 0.345 e. The number of carbonyl (C=O) groups is 1. The van der Waals surface area contributed by atoms with Gasteiger partial charge in [0.1, 0.15) is 16.9 Å². The van der Waals surface area contributed by atoms with Gasteiger partial charge >= 0.3 is 5.97 Å². The molecule has 0 aliphatic carbocycles. The van der Waals surface area contributed by atoms with Crippen LogP contribution in [0.4, 0.5) is 0 Å². The topological polar surface area (TPSA) is 56.5 Å². The molecule has 17 heavy (non-hydrogen) atoms. The molecule has 1 aromatic heterocycles. The summed E-state index contributed by atoms with van der Waals surface area (Å²) in [5.74, 6) is -0.421. The molecule has 0 bridgehead atoms. The van der Waals surface area contributed by atoms with Crippen LogP contribution in [-0.4, -0.2) is 13.1 Å². The van der Waals surface area contributed by atoms with E-state index in [1.807, 2.05) is 0 Å². The van der Waals surface area contributed by atoms with E-state index in [4.69, 9.17) is 4.42 Å². The summed E-state index contributed by atoms with van der Waals surface area (Å²) in [7, 11) is 1.23. The van der Waals surface area contributed by atoms with Crippen LogP contribution in [0.1, 0.15) is 16.1 Å². The fourth-order valence-electron chi connectivity index (χ4n) is 1.62. The van der Waals surface area contributed by atoms with Gasteiger partial charge in [-0.15, -0.1) is 0 Å². The Morgan fingerprint density at radius 1 is 1.41 bits per heavy atom. The first-order valence-corrected chi connectivity index (χ1v) is 5.65. The lowest BCUT2D eigenvalue weighted by Crippen LogP contribution is -2.18. The summed E-state index contributed by atoms with van der Waals surface area (Å²) in [4.78, 5) is 23.6. The van der Waals surface area contributed by atoms with Gasteiger partial charge < -0.3 is 9.15 Å². The molecule has 1 heterocycles. The highest BCUT2D eigenvalue weighted by Crippen LogP contribution is 2.20. The molecule has 0 aliphatic rings. The fraction of sp³-hybridized carbons (Fsp3) is 0.167. The van der Waals surface area contributed by atoms with Crippen molar-refractivity contribution in [2.75, 3.05) is 7.11 Å². The Morgan fingerprint density at radius 3 is 2.76 bits per heavy atom. The Hall–Kier alpha value is -1.62. The lowest BCUT2D eigenvalue weighted by atomic mass is 10.1. The molecular formula is C12H9BrO4. The minimum Gasteiger partial charge on any atom is -0.465 e. The van der Waals surface area contributed by atoms with Crippen LogP contribution in [0, 0.1) is 6.92 Å². The van der Waals surface area contributed by atoms with Crippen LogP contribution in [0.3, 0.4) is 0 Å². The average molecular weight is 297 g/mol. The maximum atomic E-state index is 12.1. The number of benzene rings is 1. The van der Waals surface area contributed by atoms with Crippen molar-refractivity contribution in [2.45, 2.75) is 6.92 Å². The van der Waals surface area contributed by atoms with Gasteiger partial charge in [0, 0.05) is 4.47 Å². The molecule has 88 valence electrons. The molecule has 2 rings (SSSR count). The van der Waals surface area contributed by atoms with Gasteiger partial charge in [-0.25, -0.2) is 4.79 Å². The van der Waals surface area contributed by atoms with E-state index in [0.717, 1.165) is 4.47 Å². The zero-order valence-electron chi connectivity index (χ0n) is 9.24. The number of ether oxygens (including phenoxy) is 1. The van der Waals surface area contributed by atoms with Crippen molar-refractivity contribution in [1.82, 2.24) is 0 Å². The van der Waals surface area contributed by atoms with E-state index < -0.39 is 5.97 Å². The lowest BCUT2D eigenvalue weighted by Gasteiger charge is -2.04. The summed E-state index contributed by atoms with van der Waals surface area (Å²) in [6.07, 6.45) is 0. The predicted octanol–water partition coefficient (Wildman–Crippen LogP) is 2.65. The molecule has 0 atom stereocenters. The van der Waals surface area contributed by atoms with Crippen molar-refractivity contribution in [1.29, 1.82) is 0 Å². The Labute approximate surface area is 105 Å². The minimum atomic E-state index is -0.682. The summed E-state index contributed by atoms with van der Waals surface area (Å²) in [6.45, 7) is 1.56. The van der Waals surface area contributed by atoms with E-state index in [2.05, 4.69) is 20.7 Å². The zero-order chi connectivity index (χ0) is 12.6. The van der Waals surface area contributed by atoms with Gasteiger partial charge in [-0.05, 0) is 25.1 Å². The fourth-order valence-corrected chi connectivity index (χ4v) is 1.98. The molecule has 0 N–H and O–H groups in total. The van der Waals surface area contributed by atoms with Gasteiger partial charge in [0.05, 0.1) is 12.5 Å². The standard InChI is InChI=1S/C12H9BrO4/c1-6-10(12(15)16-2)11(14)8-5-7(13)3-4-9(8)17-6/h3-5H,1-2H3. The number of carbonyl (C=O) groups excluding carboxylic acids is 1. The maximum Gasteiger partial charge on any atom is 0.345 e. The van der Waals surface area contributed by atoms with Crippen LogP contribution in [0.15, 0.2) is 31.9 Å². The van der Waals surface area contributed by atoms with Crippen LogP contribution in [0.2, 0.25) is 0 Å². The summed E-state index contributed by atoms with van der Waals surface area (Å²) in [5.41, 5.74) is 0.0124. The highest BCUT2D eigenvalue weighted by molar-refractivity contribution is 9.10. The number of aryl methyl sites for hydroxylation is 1. The van der Waals surface area contributed by atoms with Crippen LogP contribution in [0.5, 0.6) is 0 Å². The van der Waals surface area contributed by atoms with E-state index >= 15 is 0 Å². The second kappa shape index (κ2) is 4.33. The number of esters is 1. The van der Waals surface area contributed by atoms with Crippen LogP contribution >= 0.6 is 15.9 Å². The molecule has 0 amide bonds. The molecule has 0 radical (unpaired) electrons. The number of hydrogen-bond acceptors (Lipinski definition) is 4. The van der Waals surface area contributed by atoms with E-state index in [1.165, 1.54) is 7.11 Å². The van der Waals surface area contributed by atoms with Gasteiger partial charge in [0.15, 0.2) is 0 Å². The van der Waals surface area contributed by atoms with Crippen LogP contribution < -0.4 is 5.43 Å². The molecule has 1 aromatic carbocycles. The molecule has 2 aromatic rings. The molecule has 4 nitrogen and oxygen atoms in total. The average Bonchev–Trinajstić information content (AvgIpc) is 2.30. The van der Waals surface area contributed by atoms with Gasteiger partial charge in [-0.1, -0.05) is 15.9 Å². The van der Waals surface area contributed by atoms with Gasteiger partial charge in [0.25, 0.3) is 0 Å². The number of fused-ring (bicyclic) bond motifs is 1. The molecule has 5 heteroatoms. The molecule has 0 unspecified atom stereocenters. The van der Waals surface area contributed by atoms with Gasteiger partial charge in [0.2, 0.25) is 5.43 Å². The first-order chi connectivity index (χ1) is 8.04. The SMILES string of the molecule is COC(=O)c1c(C)oc2ccc(Br)cc2c1=O. The summed E-state index contributed by atoms with van der Waals surface area (Å²) in [6, 6.07) is 5.06. The van der Waals surface area contributed by atoms with Crippen molar-refractivity contribution in [3.05, 3.63) is 44.2 Å². The Morgan fingerprint density at radius 2 is 2.12 bits per heavy atom. The second-order valence-corrected chi connectivity index (χ2v) is 4.41. The van der Waals surface area contributed by atoms with E-state index in [1.54, 1.807) is 25.1 Å². The Kier molecular flexibility index (Phi) is 3.02. The second-order valence-electron chi connectivity index (χ2n) is 3.49. The highest BCUT2D eigenvalue weighted by Gasteiger charge is 2.18. The molecule has 0 spiro atoms. The molecule has 0 aliphatic heterocycles.